The third-order valence-corrected chi connectivity index (χ3v) is 3.63. The van der Waals surface area contributed by atoms with E-state index in [9.17, 15) is 22.8 Å². The zero-order valence-corrected chi connectivity index (χ0v) is 12.6. The van der Waals surface area contributed by atoms with Gasteiger partial charge >= 0.3 is 12.2 Å². The van der Waals surface area contributed by atoms with Crippen molar-refractivity contribution in [1.29, 1.82) is 0 Å². The Morgan fingerprint density at radius 2 is 1.87 bits per heavy atom. The quantitative estimate of drug-likeness (QED) is 0.901. The molecule has 128 valence electrons. The lowest BCUT2D eigenvalue weighted by molar-refractivity contribution is -0.149. The second-order valence-electron chi connectivity index (χ2n) is 5.32. The first kappa shape index (κ1) is 17.2. The fourth-order valence-corrected chi connectivity index (χ4v) is 2.24. The van der Waals surface area contributed by atoms with Crippen LogP contribution in [0, 0.1) is 0 Å². The molecule has 1 aromatic heterocycles. The van der Waals surface area contributed by atoms with Gasteiger partial charge in [-0.2, -0.15) is 13.2 Å². The first-order chi connectivity index (χ1) is 10.8. The third-order valence-electron chi connectivity index (χ3n) is 3.63. The van der Waals surface area contributed by atoms with E-state index in [0.29, 0.717) is 19.5 Å². The highest BCUT2D eigenvalue weighted by atomic mass is 19.4. The van der Waals surface area contributed by atoms with Gasteiger partial charge in [-0.25, -0.2) is 4.79 Å². The van der Waals surface area contributed by atoms with Gasteiger partial charge in [-0.15, -0.1) is 0 Å². The monoisotopic (exact) mass is 333 g/mol. The van der Waals surface area contributed by atoms with Crippen molar-refractivity contribution in [3.05, 3.63) is 24.2 Å². The summed E-state index contributed by atoms with van der Waals surface area (Å²) in [5.74, 6) is -0.0884. The zero-order chi connectivity index (χ0) is 17.0. The molecule has 0 aliphatic carbocycles. The number of alkyl halides is 3. The number of hydrogen-bond acceptors (Lipinski definition) is 3. The Bertz CT molecular complexity index is 545. The second kappa shape index (κ2) is 6.93. The van der Waals surface area contributed by atoms with Gasteiger partial charge < -0.3 is 19.5 Å². The predicted molar refractivity (Wildman–Crippen MR) is 74.9 cm³/mol. The number of amides is 3. The first-order valence-corrected chi connectivity index (χ1v) is 7.24. The maximum atomic E-state index is 12.5. The molecule has 1 N–H and O–H groups in total. The van der Waals surface area contributed by atoms with Gasteiger partial charge in [0.15, 0.2) is 5.76 Å². The molecule has 1 aromatic rings. The van der Waals surface area contributed by atoms with E-state index in [4.69, 9.17) is 4.42 Å². The molecule has 0 spiro atoms. The van der Waals surface area contributed by atoms with Crippen molar-refractivity contribution < 1.29 is 27.2 Å². The molecular formula is C14H18F3N3O3. The number of carbonyl (C=O) groups excluding carboxylic acids is 2. The fraction of sp³-hybridized carbons (Fsp3) is 0.571. The molecular weight excluding hydrogens is 315 g/mol. The van der Waals surface area contributed by atoms with Crippen LogP contribution in [-0.4, -0.2) is 60.1 Å². The summed E-state index contributed by atoms with van der Waals surface area (Å²) in [6.07, 6.45) is -2.60. The van der Waals surface area contributed by atoms with Gasteiger partial charge in [-0.3, -0.25) is 4.79 Å². The largest absolute Gasteiger partial charge is 0.459 e. The molecule has 0 bridgehead atoms. The van der Waals surface area contributed by atoms with E-state index in [-0.39, 0.29) is 24.8 Å². The van der Waals surface area contributed by atoms with Crippen LogP contribution >= 0.6 is 0 Å². The van der Waals surface area contributed by atoms with Crippen molar-refractivity contribution in [3.8, 4) is 0 Å². The molecule has 3 amide bonds. The van der Waals surface area contributed by atoms with Crippen molar-refractivity contribution >= 4 is 11.9 Å². The van der Waals surface area contributed by atoms with Gasteiger partial charge in [-0.1, -0.05) is 0 Å². The average molecular weight is 333 g/mol. The Balaban J connectivity index is 1.91. The van der Waals surface area contributed by atoms with E-state index >= 15 is 0 Å². The molecule has 1 aliphatic heterocycles. The molecule has 1 saturated heterocycles. The van der Waals surface area contributed by atoms with Gasteiger partial charge in [0.25, 0.3) is 5.91 Å². The highest BCUT2D eigenvalue weighted by molar-refractivity contribution is 5.91. The number of carbonyl (C=O) groups is 2. The summed E-state index contributed by atoms with van der Waals surface area (Å²) in [6.45, 7) is 2.01. The van der Waals surface area contributed by atoms with Crippen LogP contribution < -0.4 is 5.32 Å². The van der Waals surface area contributed by atoms with Gasteiger partial charge in [-0.05, 0) is 25.5 Å². The minimum absolute atomic E-state index is 0.170. The van der Waals surface area contributed by atoms with Crippen molar-refractivity contribution in [2.45, 2.75) is 25.6 Å². The summed E-state index contributed by atoms with van der Waals surface area (Å²) in [6, 6.07) is 0.452. The summed E-state index contributed by atoms with van der Waals surface area (Å²) in [5, 5.41) is 1.93. The van der Waals surface area contributed by atoms with Crippen LogP contribution in [0.2, 0.25) is 0 Å². The van der Waals surface area contributed by atoms with Gasteiger partial charge in [0, 0.05) is 26.2 Å². The van der Waals surface area contributed by atoms with E-state index in [1.807, 2.05) is 5.32 Å². The van der Waals surface area contributed by atoms with Gasteiger partial charge in [0.2, 0.25) is 0 Å². The summed E-state index contributed by atoms with van der Waals surface area (Å²) in [7, 11) is 0. The molecule has 23 heavy (non-hydrogen) atoms. The van der Waals surface area contributed by atoms with Gasteiger partial charge in [0.1, 0.15) is 6.04 Å². The van der Waals surface area contributed by atoms with Crippen LogP contribution in [0.4, 0.5) is 18.0 Å². The summed E-state index contributed by atoms with van der Waals surface area (Å²) >= 11 is 0. The highest BCUT2D eigenvalue weighted by Gasteiger charge is 2.38. The molecule has 2 heterocycles. The standard InChI is InChI=1S/C14H18F3N3O3/c1-10(14(15,16)17)18-13(22)20-6-3-5-19(7-8-20)12(21)11-4-2-9-23-11/h2,4,9-10H,3,5-8H2,1H3,(H,18,22)/t10-/m1/s1. The Morgan fingerprint density at radius 1 is 1.22 bits per heavy atom. The second-order valence-corrected chi connectivity index (χ2v) is 5.32. The maximum absolute atomic E-state index is 12.5. The predicted octanol–water partition coefficient (Wildman–Crippen LogP) is 2.09. The molecule has 0 saturated carbocycles. The van der Waals surface area contributed by atoms with Crippen LogP contribution in [0.15, 0.2) is 22.8 Å². The number of halogens is 3. The topological polar surface area (TPSA) is 65.8 Å². The maximum Gasteiger partial charge on any atom is 0.408 e. The number of rotatable bonds is 2. The van der Waals surface area contributed by atoms with Crippen LogP contribution in [0.25, 0.3) is 0 Å². The molecule has 0 aromatic carbocycles. The van der Waals surface area contributed by atoms with Crippen molar-refractivity contribution in [2.24, 2.45) is 0 Å². The van der Waals surface area contributed by atoms with Crippen molar-refractivity contribution in [1.82, 2.24) is 15.1 Å². The normalized spacial score (nSPS) is 17.6. The lowest BCUT2D eigenvalue weighted by Crippen LogP contribution is -2.50. The van der Waals surface area contributed by atoms with E-state index in [2.05, 4.69) is 0 Å². The molecule has 0 unspecified atom stereocenters. The number of nitrogens with zero attached hydrogens (tertiary/aromatic N) is 2. The van der Waals surface area contributed by atoms with Crippen LogP contribution in [0.5, 0.6) is 0 Å². The number of furan rings is 1. The summed E-state index contributed by atoms with van der Waals surface area (Å²) in [5.41, 5.74) is 0. The van der Waals surface area contributed by atoms with E-state index < -0.39 is 18.2 Å². The van der Waals surface area contributed by atoms with E-state index in [0.717, 1.165) is 6.92 Å². The summed E-state index contributed by atoms with van der Waals surface area (Å²) < 4.78 is 42.5. The van der Waals surface area contributed by atoms with E-state index in [1.54, 1.807) is 12.1 Å². The molecule has 2 rings (SSSR count). The summed E-state index contributed by atoms with van der Waals surface area (Å²) in [4.78, 5) is 26.9. The molecule has 9 heteroatoms. The van der Waals surface area contributed by atoms with Crippen LogP contribution in [0.1, 0.15) is 23.9 Å². The third kappa shape index (κ3) is 4.40. The Hall–Kier alpha value is -2.19. The smallest absolute Gasteiger partial charge is 0.408 e. The lowest BCUT2D eigenvalue weighted by Gasteiger charge is -2.25. The van der Waals surface area contributed by atoms with Crippen LogP contribution in [0.3, 0.4) is 0 Å². The molecule has 6 nitrogen and oxygen atoms in total. The van der Waals surface area contributed by atoms with Crippen molar-refractivity contribution in [2.75, 3.05) is 26.2 Å². The Labute approximate surface area is 131 Å². The Morgan fingerprint density at radius 3 is 2.48 bits per heavy atom. The average Bonchev–Trinajstić information content (AvgIpc) is 2.89. The zero-order valence-electron chi connectivity index (χ0n) is 12.6. The molecule has 1 aliphatic rings. The first-order valence-electron chi connectivity index (χ1n) is 7.24. The Kier molecular flexibility index (Phi) is 5.17. The van der Waals surface area contributed by atoms with E-state index in [1.165, 1.54) is 16.1 Å². The lowest BCUT2D eigenvalue weighted by atomic mass is 10.3. The number of nitrogens with one attached hydrogen (secondary N) is 1. The molecule has 1 fully saturated rings. The van der Waals surface area contributed by atoms with Gasteiger partial charge in [0.05, 0.1) is 6.26 Å². The minimum atomic E-state index is -4.48. The molecule has 0 radical (unpaired) electrons. The van der Waals surface area contributed by atoms with Crippen molar-refractivity contribution in [3.63, 3.8) is 0 Å². The highest BCUT2D eigenvalue weighted by Crippen LogP contribution is 2.20. The minimum Gasteiger partial charge on any atom is -0.459 e. The molecule has 1 atom stereocenters. The SMILES string of the molecule is C[C@@H](NC(=O)N1CCCN(C(=O)c2ccco2)CC1)C(F)(F)F. The number of hydrogen-bond donors (Lipinski definition) is 1. The fourth-order valence-electron chi connectivity index (χ4n) is 2.24. The van der Waals surface area contributed by atoms with Crippen LogP contribution in [-0.2, 0) is 0 Å². The number of urea groups is 1.